The number of ketones is 1. The van der Waals surface area contributed by atoms with Gasteiger partial charge in [0.05, 0.1) is 0 Å². The van der Waals surface area contributed by atoms with E-state index in [0.29, 0.717) is 5.92 Å². The van der Waals surface area contributed by atoms with E-state index in [0.717, 1.165) is 12.8 Å². The highest BCUT2D eigenvalue weighted by Crippen LogP contribution is 2.21. The van der Waals surface area contributed by atoms with Crippen LogP contribution in [0.15, 0.2) is 23.8 Å². The van der Waals surface area contributed by atoms with Gasteiger partial charge in [0.25, 0.3) is 0 Å². The van der Waals surface area contributed by atoms with Crippen molar-refractivity contribution in [1.82, 2.24) is 0 Å². The van der Waals surface area contributed by atoms with Crippen LogP contribution in [-0.4, -0.2) is 5.78 Å². The molecular weight excluding hydrogens is 136 g/mol. The van der Waals surface area contributed by atoms with E-state index in [2.05, 4.69) is 6.92 Å². The second kappa shape index (κ2) is 3.51. The molecule has 0 bridgehead atoms. The van der Waals surface area contributed by atoms with Gasteiger partial charge >= 0.3 is 0 Å². The monoisotopic (exact) mass is 150 g/mol. The van der Waals surface area contributed by atoms with Crippen LogP contribution in [0.5, 0.6) is 0 Å². The molecule has 1 aliphatic rings. The van der Waals surface area contributed by atoms with Gasteiger partial charge in [0, 0.05) is 6.42 Å². The normalized spacial score (nSPS) is 25.8. The summed E-state index contributed by atoms with van der Waals surface area (Å²) in [5, 5.41) is 0. The third-order valence-corrected chi connectivity index (χ3v) is 1.86. The number of carbonyl (C=O) groups is 1. The molecule has 0 aliphatic heterocycles. The van der Waals surface area contributed by atoms with Gasteiger partial charge in [-0.1, -0.05) is 19.1 Å². The molecule has 0 radical (unpaired) electrons. The number of rotatable bonds is 1. The SMILES string of the molecule is C/C=C/C1=CC(=O)CC(C)C1. The van der Waals surface area contributed by atoms with Crippen LogP contribution in [0, 0.1) is 5.92 Å². The van der Waals surface area contributed by atoms with Crippen LogP contribution >= 0.6 is 0 Å². The molecule has 1 atom stereocenters. The standard InChI is InChI=1S/C10H14O/c1-3-4-9-5-8(2)6-10(11)7-9/h3-4,7-8H,5-6H2,1-2H3/b4-3+. The first-order valence-electron chi connectivity index (χ1n) is 4.08. The molecule has 1 aliphatic carbocycles. The molecule has 0 N–H and O–H groups in total. The van der Waals surface area contributed by atoms with E-state index in [9.17, 15) is 4.79 Å². The maximum Gasteiger partial charge on any atom is 0.156 e. The second-order valence-corrected chi connectivity index (χ2v) is 3.20. The van der Waals surface area contributed by atoms with Crippen molar-refractivity contribution in [3.63, 3.8) is 0 Å². The minimum absolute atomic E-state index is 0.275. The minimum Gasteiger partial charge on any atom is -0.295 e. The Balaban J connectivity index is 2.72. The maximum atomic E-state index is 11.0. The van der Waals surface area contributed by atoms with Crippen molar-refractivity contribution in [3.05, 3.63) is 23.8 Å². The first-order chi connectivity index (χ1) is 5.22. The van der Waals surface area contributed by atoms with Crippen molar-refractivity contribution < 1.29 is 4.79 Å². The van der Waals surface area contributed by atoms with Crippen LogP contribution in [-0.2, 0) is 4.79 Å². The fraction of sp³-hybridized carbons (Fsp3) is 0.500. The van der Waals surface area contributed by atoms with Crippen LogP contribution in [0.3, 0.4) is 0 Å². The molecule has 0 aromatic rings. The van der Waals surface area contributed by atoms with E-state index in [4.69, 9.17) is 0 Å². The van der Waals surface area contributed by atoms with E-state index in [1.807, 2.05) is 19.1 Å². The molecule has 0 aromatic carbocycles. The Hall–Kier alpha value is -0.850. The van der Waals surface area contributed by atoms with Crippen LogP contribution in [0.1, 0.15) is 26.7 Å². The van der Waals surface area contributed by atoms with Crippen molar-refractivity contribution in [2.75, 3.05) is 0 Å². The molecule has 1 unspecified atom stereocenters. The summed E-state index contributed by atoms with van der Waals surface area (Å²) in [6.07, 6.45) is 7.54. The molecule has 0 fully saturated rings. The van der Waals surface area contributed by atoms with Crippen LogP contribution in [0.2, 0.25) is 0 Å². The summed E-state index contributed by atoms with van der Waals surface area (Å²) in [7, 11) is 0. The predicted octanol–water partition coefficient (Wildman–Crippen LogP) is 2.49. The molecule has 0 heterocycles. The number of hydrogen-bond donors (Lipinski definition) is 0. The maximum absolute atomic E-state index is 11.0. The zero-order valence-corrected chi connectivity index (χ0v) is 7.13. The highest BCUT2D eigenvalue weighted by molar-refractivity contribution is 5.91. The third-order valence-electron chi connectivity index (χ3n) is 1.86. The average Bonchev–Trinajstić information content (AvgIpc) is 1.85. The number of carbonyl (C=O) groups excluding carboxylic acids is 1. The van der Waals surface area contributed by atoms with Crippen molar-refractivity contribution in [1.29, 1.82) is 0 Å². The lowest BCUT2D eigenvalue weighted by Crippen LogP contribution is -2.10. The molecule has 0 saturated carbocycles. The first kappa shape index (κ1) is 8.25. The smallest absolute Gasteiger partial charge is 0.156 e. The van der Waals surface area contributed by atoms with E-state index in [-0.39, 0.29) is 5.78 Å². The van der Waals surface area contributed by atoms with Gasteiger partial charge in [-0.25, -0.2) is 0 Å². The summed E-state index contributed by atoms with van der Waals surface area (Å²) < 4.78 is 0. The van der Waals surface area contributed by atoms with E-state index < -0.39 is 0 Å². The molecule has 0 aromatic heterocycles. The summed E-state index contributed by atoms with van der Waals surface area (Å²) in [6, 6.07) is 0. The van der Waals surface area contributed by atoms with E-state index >= 15 is 0 Å². The van der Waals surface area contributed by atoms with Crippen molar-refractivity contribution in [2.24, 2.45) is 5.92 Å². The van der Waals surface area contributed by atoms with Gasteiger partial charge in [-0.3, -0.25) is 4.79 Å². The number of allylic oxidation sites excluding steroid dienone is 4. The average molecular weight is 150 g/mol. The zero-order chi connectivity index (χ0) is 8.27. The highest BCUT2D eigenvalue weighted by Gasteiger charge is 2.14. The van der Waals surface area contributed by atoms with E-state index in [1.165, 1.54) is 5.57 Å². The Bertz CT molecular complexity index is 211. The Kier molecular flexibility index (Phi) is 2.64. The molecule has 1 rings (SSSR count). The van der Waals surface area contributed by atoms with E-state index in [1.54, 1.807) is 6.08 Å². The molecule has 1 nitrogen and oxygen atoms in total. The highest BCUT2D eigenvalue weighted by atomic mass is 16.1. The Labute approximate surface area is 67.8 Å². The summed E-state index contributed by atoms with van der Waals surface area (Å²) in [4.78, 5) is 11.0. The molecule has 1 heteroatoms. The Morgan fingerprint density at radius 1 is 1.55 bits per heavy atom. The largest absolute Gasteiger partial charge is 0.295 e. The van der Waals surface area contributed by atoms with Crippen LogP contribution in [0.4, 0.5) is 0 Å². The van der Waals surface area contributed by atoms with Gasteiger partial charge in [-0.15, -0.1) is 0 Å². The van der Waals surface area contributed by atoms with Crippen LogP contribution < -0.4 is 0 Å². The number of hydrogen-bond acceptors (Lipinski definition) is 1. The van der Waals surface area contributed by atoms with Gasteiger partial charge in [0.2, 0.25) is 0 Å². The van der Waals surface area contributed by atoms with Gasteiger partial charge in [-0.05, 0) is 30.9 Å². The van der Waals surface area contributed by atoms with Gasteiger partial charge in [0.1, 0.15) is 0 Å². The van der Waals surface area contributed by atoms with Gasteiger partial charge < -0.3 is 0 Å². The Morgan fingerprint density at radius 3 is 2.82 bits per heavy atom. The minimum atomic E-state index is 0.275. The van der Waals surface area contributed by atoms with Gasteiger partial charge in [0.15, 0.2) is 5.78 Å². The lowest BCUT2D eigenvalue weighted by atomic mass is 9.89. The predicted molar refractivity (Wildman–Crippen MR) is 46.3 cm³/mol. The first-order valence-corrected chi connectivity index (χ1v) is 4.08. The summed E-state index contributed by atoms with van der Waals surface area (Å²) in [6.45, 7) is 4.10. The molecule has 60 valence electrons. The second-order valence-electron chi connectivity index (χ2n) is 3.20. The fourth-order valence-electron chi connectivity index (χ4n) is 1.47. The van der Waals surface area contributed by atoms with Crippen molar-refractivity contribution in [2.45, 2.75) is 26.7 Å². The third kappa shape index (κ3) is 2.34. The zero-order valence-electron chi connectivity index (χ0n) is 7.13. The van der Waals surface area contributed by atoms with Crippen LogP contribution in [0.25, 0.3) is 0 Å². The molecular formula is C10H14O. The summed E-state index contributed by atoms with van der Waals surface area (Å²) in [5.74, 6) is 0.801. The van der Waals surface area contributed by atoms with Crippen molar-refractivity contribution >= 4 is 5.78 Å². The summed E-state index contributed by atoms with van der Waals surface area (Å²) >= 11 is 0. The molecule has 0 saturated heterocycles. The lowest BCUT2D eigenvalue weighted by Gasteiger charge is -2.15. The quantitative estimate of drug-likeness (QED) is 0.561. The molecule has 11 heavy (non-hydrogen) atoms. The lowest BCUT2D eigenvalue weighted by molar-refractivity contribution is -0.115. The fourth-order valence-corrected chi connectivity index (χ4v) is 1.47. The molecule has 0 amide bonds. The van der Waals surface area contributed by atoms with Gasteiger partial charge in [-0.2, -0.15) is 0 Å². The molecule has 0 spiro atoms. The topological polar surface area (TPSA) is 17.1 Å². The Morgan fingerprint density at radius 2 is 2.27 bits per heavy atom. The summed E-state index contributed by atoms with van der Waals surface area (Å²) in [5.41, 5.74) is 1.18. The van der Waals surface area contributed by atoms with Crippen molar-refractivity contribution in [3.8, 4) is 0 Å².